The van der Waals surface area contributed by atoms with Gasteiger partial charge in [0.1, 0.15) is 0 Å². The van der Waals surface area contributed by atoms with Crippen LogP contribution in [0.1, 0.15) is 0 Å². The number of nitrogens with zero attached hydrogens (tertiary/aromatic N) is 2. The SMILES string of the molecule is NC(=Nc1cc(Br)cc(Br)c1)N[N+](=O)[O-]. The largest absolute Gasteiger partial charge is 0.365 e. The summed E-state index contributed by atoms with van der Waals surface area (Å²) in [5.41, 5.74) is 7.53. The lowest BCUT2D eigenvalue weighted by Crippen LogP contribution is -2.35. The molecule has 0 amide bonds. The zero-order valence-corrected chi connectivity index (χ0v) is 10.4. The quantitative estimate of drug-likeness (QED) is 0.373. The second kappa shape index (κ2) is 5.08. The van der Waals surface area contributed by atoms with Crippen LogP contribution in [0.25, 0.3) is 0 Å². The number of hydrazine groups is 1. The maximum absolute atomic E-state index is 10.0. The molecule has 0 saturated carbocycles. The summed E-state index contributed by atoms with van der Waals surface area (Å²) in [4.78, 5) is 13.9. The summed E-state index contributed by atoms with van der Waals surface area (Å²) in [5.74, 6) is -0.273. The van der Waals surface area contributed by atoms with E-state index in [2.05, 4.69) is 36.9 Å². The topological polar surface area (TPSA) is 93.5 Å². The monoisotopic (exact) mass is 336 g/mol. The molecule has 0 unspecified atom stereocenters. The van der Waals surface area contributed by atoms with E-state index in [1.807, 2.05) is 6.07 Å². The molecule has 0 heterocycles. The van der Waals surface area contributed by atoms with Gasteiger partial charge in [-0.05, 0) is 18.2 Å². The first-order valence-corrected chi connectivity index (χ1v) is 5.27. The highest BCUT2D eigenvalue weighted by atomic mass is 79.9. The van der Waals surface area contributed by atoms with Crippen molar-refractivity contribution >= 4 is 43.5 Å². The van der Waals surface area contributed by atoms with Crippen molar-refractivity contribution in [3.8, 4) is 0 Å². The summed E-state index contributed by atoms with van der Waals surface area (Å²) in [6.07, 6.45) is 0. The lowest BCUT2D eigenvalue weighted by molar-refractivity contribution is -0.525. The fraction of sp³-hybridized carbons (Fsp3) is 0. The van der Waals surface area contributed by atoms with Crippen LogP contribution in [0, 0.1) is 10.1 Å². The molecule has 1 rings (SSSR count). The molecule has 0 spiro atoms. The average Bonchev–Trinajstić information content (AvgIpc) is 1.98. The van der Waals surface area contributed by atoms with Gasteiger partial charge in [-0.3, -0.25) is 0 Å². The molecule has 0 radical (unpaired) electrons. The number of nitro groups is 1. The highest BCUT2D eigenvalue weighted by Crippen LogP contribution is 2.24. The van der Waals surface area contributed by atoms with Gasteiger partial charge in [-0.1, -0.05) is 37.3 Å². The number of aliphatic imine (C=N–C) groups is 1. The van der Waals surface area contributed by atoms with Crippen LogP contribution >= 0.6 is 31.9 Å². The fourth-order valence-electron chi connectivity index (χ4n) is 0.861. The van der Waals surface area contributed by atoms with Crippen LogP contribution in [0.15, 0.2) is 32.1 Å². The van der Waals surface area contributed by atoms with Gasteiger partial charge in [-0.15, -0.1) is 0 Å². The summed E-state index contributed by atoms with van der Waals surface area (Å²) in [5, 5.41) is 9.28. The maximum atomic E-state index is 10.0. The molecule has 6 nitrogen and oxygen atoms in total. The van der Waals surface area contributed by atoms with E-state index < -0.39 is 5.03 Å². The molecule has 15 heavy (non-hydrogen) atoms. The standard InChI is InChI=1S/C7H6Br2N4O2/c8-4-1-5(9)3-6(2-4)11-7(10)12-13(14)15/h1-3H,(H3,10,11,12). The van der Waals surface area contributed by atoms with E-state index in [-0.39, 0.29) is 5.96 Å². The smallest absolute Gasteiger partial charge is 0.256 e. The average molecular weight is 338 g/mol. The van der Waals surface area contributed by atoms with Crippen LogP contribution in [0.4, 0.5) is 5.69 Å². The van der Waals surface area contributed by atoms with Crippen molar-refractivity contribution < 1.29 is 5.03 Å². The van der Waals surface area contributed by atoms with E-state index >= 15 is 0 Å². The number of halogens is 2. The van der Waals surface area contributed by atoms with Gasteiger partial charge in [0, 0.05) is 8.95 Å². The molecule has 0 atom stereocenters. The van der Waals surface area contributed by atoms with Crippen molar-refractivity contribution in [2.75, 3.05) is 0 Å². The molecular weight excluding hydrogens is 332 g/mol. The third-order valence-corrected chi connectivity index (χ3v) is 2.22. The van der Waals surface area contributed by atoms with Crippen LogP contribution in [-0.4, -0.2) is 11.0 Å². The summed E-state index contributed by atoms with van der Waals surface area (Å²) < 4.78 is 1.59. The Hall–Kier alpha value is -1.15. The molecular formula is C7H6Br2N4O2. The third kappa shape index (κ3) is 4.26. The molecule has 3 N–H and O–H groups in total. The number of nitrogens with one attached hydrogen (secondary N) is 1. The Labute approximate surface area is 102 Å². The maximum Gasteiger partial charge on any atom is 0.256 e. The van der Waals surface area contributed by atoms with E-state index in [4.69, 9.17) is 5.73 Å². The van der Waals surface area contributed by atoms with Crippen molar-refractivity contribution in [1.29, 1.82) is 0 Å². The first kappa shape index (κ1) is 11.9. The molecule has 0 aliphatic carbocycles. The molecule has 1 aromatic rings. The Morgan fingerprint density at radius 2 is 1.93 bits per heavy atom. The number of hydrogen-bond acceptors (Lipinski definition) is 3. The Morgan fingerprint density at radius 3 is 2.40 bits per heavy atom. The van der Waals surface area contributed by atoms with E-state index in [9.17, 15) is 10.1 Å². The summed E-state index contributed by atoms with van der Waals surface area (Å²) >= 11 is 6.52. The molecule has 0 saturated heterocycles. The minimum Gasteiger partial charge on any atom is -0.365 e. The lowest BCUT2D eigenvalue weighted by atomic mass is 10.3. The van der Waals surface area contributed by atoms with E-state index in [1.165, 1.54) is 0 Å². The van der Waals surface area contributed by atoms with E-state index in [0.717, 1.165) is 8.95 Å². The Bertz CT molecular complexity index is 401. The van der Waals surface area contributed by atoms with Gasteiger partial charge >= 0.3 is 0 Å². The van der Waals surface area contributed by atoms with E-state index in [0.29, 0.717) is 5.69 Å². The van der Waals surface area contributed by atoms with Gasteiger partial charge in [0.2, 0.25) is 0 Å². The molecule has 1 aromatic carbocycles. The van der Waals surface area contributed by atoms with Gasteiger partial charge in [-0.2, -0.15) is 0 Å². The Balaban J connectivity index is 2.92. The zero-order valence-electron chi connectivity index (χ0n) is 7.28. The van der Waals surface area contributed by atoms with Crippen LogP contribution in [0.5, 0.6) is 0 Å². The highest BCUT2D eigenvalue weighted by Gasteiger charge is 2.01. The summed E-state index contributed by atoms with van der Waals surface area (Å²) in [6, 6.07) is 5.18. The van der Waals surface area contributed by atoms with Crippen LogP contribution in [-0.2, 0) is 0 Å². The van der Waals surface area contributed by atoms with Crippen molar-refractivity contribution in [3.63, 3.8) is 0 Å². The molecule has 0 aliphatic heterocycles. The number of hydrogen-bond donors (Lipinski definition) is 2. The van der Waals surface area contributed by atoms with Crippen LogP contribution < -0.4 is 11.2 Å². The second-order valence-electron chi connectivity index (χ2n) is 2.49. The zero-order chi connectivity index (χ0) is 11.4. The van der Waals surface area contributed by atoms with Crippen molar-refractivity contribution in [2.24, 2.45) is 10.7 Å². The third-order valence-electron chi connectivity index (χ3n) is 1.30. The minimum absolute atomic E-state index is 0.273. The second-order valence-corrected chi connectivity index (χ2v) is 4.32. The summed E-state index contributed by atoms with van der Waals surface area (Å²) in [6.45, 7) is 0. The first-order valence-electron chi connectivity index (χ1n) is 3.68. The number of benzene rings is 1. The molecule has 0 bridgehead atoms. The van der Waals surface area contributed by atoms with Gasteiger partial charge in [0.25, 0.3) is 5.96 Å². The molecule has 0 aromatic heterocycles. The predicted octanol–water partition coefficient (Wildman–Crippen LogP) is 1.94. The normalized spacial score (nSPS) is 11.2. The van der Waals surface area contributed by atoms with Crippen molar-refractivity contribution in [3.05, 3.63) is 37.3 Å². The first-order chi connectivity index (χ1) is 6.97. The van der Waals surface area contributed by atoms with Crippen LogP contribution in [0.3, 0.4) is 0 Å². The lowest BCUT2D eigenvalue weighted by Gasteiger charge is -1.99. The molecule has 0 fully saturated rings. The highest BCUT2D eigenvalue weighted by molar-refractivity contribution is 9.11. The van der Waals surface area contributed by atoms with Crippen molar-refractivity contribution in [1.82, 2.24) is 5.43 Å². The van der Waals surface area contributed by atoms with Gasteiger partial charge < -0.3 is 5.73 Å². The fourth-order valence-corrected chi connectivity index (χ4v) is 2.13. The molecule has 8 heteroatoms. The Kier molecular flexibility index (Phi) is 4.04. The predicted molar refractivity (Wildman–Crippen MR) is 63.3 cm³/mol. The van der Waals surface area contributed by atoms with Crippen LogP contribution in [0.2, 0.25) is 0 Å². The Morgan fingerprint density at radius 1 is 1.40 bits per heavy atom. The molecule has 0 aliphatic rings. The number of rotatable bonds is 2. The van der Waals surface area contributed by atoms with Gasteiger partial charge in [-0.25, -0.2) is 15.1 Å². The number of guanidine groups is 1. The minimum atomic E-state index is -0.772. The van der Waals surface area contributed by atoms with Gasteiger partial charge in [0.15, 0.2) is 5.03 Å². The van der Waals surface area contributed by atoms with Gasteiger partial charge in [0.05, 0.1) is 5.69 Å². The number of nitrogens with two attached hydrogens (primary N) is 1. The van der Waals surface area contributed by atoms with E-state index in [1.54, 1.807) is 17.6 Å². The molecule has 80 valence electrons. The van der Waals surface area contributed by atoms with Crippen molar-refractivity contribution in [2.45, 2.75) is 0 Å². The summed E-state index contributed by atoms with van der Waals surface area (Å²) in [7, 11) is 0.